The summed E-state index contributed by atoms with van der Waals surface area (Å²) < 4.78 is 0. The number of pyridine rings is 1. The van der Waals surface area contributed by atoms with Gasteiger partial charge in [-0.05, 0) is 38.1 Å². The van der Waals surface area contributed by atoms with Crippen molar-refractivity contribution >= 4 is 11.5 Å². The second kappa shape index (κ2) is 5.71. The Balaban J connectivity index is 1.95. The van der Waals surface area contributed by atoms with Crippen molar-refractivity contribution in [2.75, 3.05) is 5.32 Å². The smallest absolute Gasteiger partial charge is 0.137 e. The molecule has 104 valence electrons. The molecule has 0 radical (unpaired) electrons. The molecule has 1 N–H and O–H groups in total. The molecule has 0 unspecified atom stereocenters. The van der Waals surface area contributed by atoms with Gasteiger partial charge in [-0.2, -0.15) is 0 Å². The van der Waals surface area contributed by atoms with Gasteiger partial charge in [-0.1, -0.05) is 17.7 Å². The Morgan fingerprint density at radius 1 is 0.857 bits per heavy atom. The molecule has 21 heavy (non-hydrogen) atoms. The zero-order valence-electron chi connectivity index (χ0n) is 12.0. The van der Waals surface area contributed by atoms with Gasteiger partial charge in [-0.3, -0.25) is 4.98 Å². The summed E-state index contributed by atoms with van der Waals surface area (Å²) in [6, 6.07) is 12.1. The van der Waals surface area contributed by atoms with Gasteiger partial charge in [0.2, 0.25) is 0 Å². The summed E-state index contributed by atoms with van der Waals surface area (Å²) in [6.07, 6.45) is 5.12. The van der Waals surface area contributed by atoms with Crippen LogP contribution >= 0.6 is 0 Å². The number of hydrogen-bond donors (Lipinski definition) is 1. The lowest BCUT2D eigenvalue weighted by atomic mass is 10.1. The zero-order valence-corrected chi connectivity index (χ0v) is 12.0. The number of rotatable bonds is 3. The SMILES string of the molecule is Cc1ccc(Nc2ncnc(-c3ccncc3)c2C)cc1. The van der Waals surface area contributed by atoms with Crippen LogP contribution in [-0.4, -0.2) is 15.0 Å². The van der Waals surface area contributed by atoms with E-state index in [4.69, 9.17) is 0 Å². The highest BCUT2D eigenvalue weighted by molar-refractivity contribution is 5.70. The van der Waals surface area contributed by atoms with Crippen LogP contribution < -0.4 is 5.32 Å². The Hall–Kier alpha value is -2.75. The van der Waals surface area contributed by atoms with Gasteiger partial charge in [0, 0.05) is 29.2 Å². The van der Waals surface area contributed by atoms with Gasteiger partial charge >= 0.3 is 0 Å². The van der Waals surface area contributed by atoms with Gasteiger partial charge in [-0.15, -0.1) is 0 Å². The minimum absolute atomic E-state index is 0.820. The Kier molecular flexibility index (Phi) is 3.60. The molecule has 0 saturated heterocycles. The molecular formula is C17H16N4. The molecule has 0 bridgehead atoms. The van der Waals surface area contributed by atoms with Crippen LogP contribution in [-0.2, 0) is 0 Å². The van der Waals surface area contributed by atoms with Crippen LogP contribution in [0.25, 0.3) is 11.3 Å². The second-order valence-electron chi connectivity index (χ2n) is 4.92. The molecule has 2 aromatic heterocycles. The molecule has 0 aliphatic rings. The fourth-order valence-corrected chi connectivity index (χ4v) is 2.15. The number of aromatic nitrogens is 3. The van der Waals surface area contributed by atoms with Gasteiger partial charge in [0.1, 0.15) is 12.1 Å². The molecule has 2 heterocycles. The van der Waals surface area contributed by atoms with E-state index in [0.717, 1.165) is 28.3 Å². The van der Waals surface area contributed by atoms with E-state index in [1.165, 1.54) is 5.56 Å². The Morgan fingerprint density at radius 2 is 1.57 bits per heavy atom. The average Bonchev–Trinajstić information content (AvgIpc) is 2.52. The van der Waals surface area contributed by atoms with Crippen LogP contribution in [0.4, 0.5) is 11.5 Å². The van der Waals surface area contributed by atoms with Crippen molar-refractivity contribution in [3.63, 3.8) is 0 Å². The molecule has 3 aromatic rings. The lowest BCUT2D eigenvalue weighted by Crippen LogP contribution is -2.00. The van der Waals surface area contributed by atoms with Crippen molar-refractivity contribution in [3.8, 4) is 11.3 Å². The number of benzene rings is 1. The molecule has 4 heteroatoms. The molecule has 0 amide bonds. The standard InChI is InChI=1S/C17H16N4/c1-12-3-5-15(6-4-12)21-17-13(2)16(19-11-20-17)14-7-9-18-10-8-14/h3-11H,1-2H3,(H,19,20,21). The second-order valence-corrected chi connectivity index (χ2v) is 4.92. The molecule has 0 spiro atoms. The first-order valence-electron chi connectivity index (χ1n) is 6.80. The van der Waals surface area contributed by atoms with E-state index in [-0.39, 0.29) is 0 Å². The third-order valence-electron chi connectivity index (χ3n) is 3.35. The van der Waals surface area contributed by atoms with Gasteiger partial charge in [-0.25, -0.2) is 9.97 Å². The van der Waals surface area contributed by atoms with Crippen molar-refractivity contribution in [1.29, 1.82) is 0 Å². The van der Waals surface area contributed by atoms with Gasteiger partial charge in [0.15, 0.2) is 0 Å². The molecule has 0 atom stereocenters. The van der Waals surface area contributed by atoms with E-state index >= 15 is 0 Å². The van der Waals surface area contributed by atoms with Gasteiger partial charge < -0.3 is 5.32 Å². The third kappa shape index (κ3) is 2.89. The molecule has 0 fully saturated rings. The minimum atomic E-state index is 0.820. The number of hydrogen-bond acceptors (Lipinski definition) is 4. The maximum absolute atomic E-state index is 4.39. The normalized spacial score (nSPS) is 10.4. The van der Waals surface area contributed by atoms with Crippen LogP contribution in [0.5, 0.6) is 0 Å². The van der Waals surface area contributed by atoms with E-state index in [2.05, 4.69) is 39.3 Å². The Bertz CT molecular complexity index is 736. The summed E-state index contributed by atoms with van der Waals surface area (Å²) in [4.78, 5) is 12.8. The first-order chi connectivity index (χ1) is 10.2. The quantitative estimate of drug-likeness (QED) is 0.788. The van der Waals surface area contributed by atoms with Gasteiger partial charge in [0.25, 0.3) is 0 Å². The number of anilines is 2. The monoisotopic (exact) mass is 276 g/mol. The van der Waals surface area contributed by atoms with Crippen molar-refractivity contribution in [2.45, 2.75) is 13.8 Å². The lowest BCUT2D eigenvalue weighted by molar-refractivity contribution is 1.13. The zero-order chi connectivity index (χ0) is 14.7. The molecule has 4 nitrogen and oxygen atoms in total. The number of nitrogens with zero attached hydrogens (tertiary/aromatic N) is 3. The average molecular weight is 276 g/mol. The van der Waals surface area contributed by atoms with E-state index in [0.29, 0.717) is 0 Å². The van der Waals surface area contributed by atoms with Crippen molar-refractivity contribution in [1.82, 2.24) is 15.0 Å². The first kappa shape index (κ1) is 13.2. The van der Waals surface area contributed by atoms with Gasteiger partial charge in [0.05, 0.1) is 5.69 Å². The third-order valence-corrected chi connectivity index (χ3v) is 3.35. The molecule has 3 rings (SSSR count). The number of nitrogens with one attached hydrogen (secondary N) is 1. The van der Waals surface area contributed by atoms with E-state index in [1.807, 2.05) is 31.2 Å². The summed E-state index contributed by atoms with van der Waals surface area (Å²) in [5, 5.41) is 3.34. The van der Waals surface area contributed by atoms with Crippen molar-refractivity contribution < 1.29 is 0 Å². The number of aryl methyl sites for hydroxylation is 1. The highest BCUT2D eigenvalue weighted by Crippen LogP contribution is 2.26. The molecule has 0 aliphatic heterocycles. The largest absolute Gasteiger partial charge is 0.340 e. The molecule has 0 aliphatic carbocycles. The molecule has 1 aromatic carbocycles. The van der Waals surface area contributed by atoms with Crippen molar-refractivity contribution in [2.24, 2.45) is 0 Å². The predicted molar refractivity (Wildman–Crippen MR) is 84.5 cm³/mol. The van der Waals surface area contributed by atoms with E-state index < -0.39 is 0 Å². The molecule has 0 saturated carbocycles. The maximum atomic E-state index is 4.39. The van der Waals surface area contributed by atoms with Crippen molar-refractivity contribution in [3.05, 3.63) is 66.2 Å². The summed E-state index contributed by atoms with van der Waals surface area (Å²) in [6.45, 7) is 4.09. The topological polar surface area (TPSA) is 50.7 Å². The predicted octanol–water partition coefficient (Wildman–Crippen LogP) is 3.90. The first-order valence-corrected chi connectivity index (χ1v) is 6.80. The fraction of sp³-hybridized carbons (Fsp3) is 0.118. The summed E-state index contributed by atoms with van der Waals surface area (Å²) >= 11 is 0. The Labute approximate surface area is 123 Å². The van der Waals surface area contributed by atoms with Crippen LogP contribution in [0.2, 0.25) is 0 Å². The summed E-state index contributed by atoms with van der Waals surface area (Å²) in [7, 11) is 0. The summed E-state index contributed by atoms with van der Waals surface area (Å²) in [5.41, 5.74) is 5.23. The van der Waals surface area contributed by atoms with Crippen LogP contribution in [0, 0.1) is 13.8 Å². The maximum Gasteiger partial charge on any atom is 0.137 e. The van der Waals surface area contributed by atoms with Crippen LogP contribution in [0.1, 0.15) is 11.1 Å². The van der Waals surface area contributed by atoms with Crippen LogP contribution in [0.3, 0.4) is 0 Å². The minimum Gasteiger partial charge on any atom is -0.340 e. The Morgan fingerprint density at radius 3 is 2.29 bits per heavy atom. The highest BCUT2D eigenvalue weighted by Gasteiger charge is 2.09. The van der Waals surface area contributed by atoms with E-state index in [1.54, 1.807) is 18.7 Å². The highest BCUT2D eigenvalue weighted by atomic mass is 15.0. The van der Waals surface area contributed by atoms with Crippen LogP contribution in [0.15, 0.2) is 55.1 Å². The fourth-order valence-electron chi connectivity index (χ4n) is 2.15. The molecular weight excluding hydrogens is 260 g/mol. The lowest BCUT2D eigenvalue weighted by Gasteiger charge is -2.11. The summed E-state index contributed by atoms with van der Waals surface area (Å²) in [5.74, 6) is 0.820. The van der Waals surface area contributed by atoms with E-state index in [9.17, 15) is 0 Å².